The van der Waals surface area contributed by atoms with E-state index in [4.69, 9.17) is 21.6 Å². The monoisotopic (exact) mass is 170 g/mol. The van der Waals surface area contributed by atoms with Crippen LogP contribution in [0.5, 0.6) is 0 Å². The molecule has 0 aliphatic rings. The third kappa shape index (κ3) is 1.74. The molecular formula is C7H8BClO2. The highest BCUT2D eigenvalue weighted by Crippen LogP contribution is 2.07. The molecule has 0 amide bonds. The summed E-state index contributed by atoms with van der Waals surface area (Å²) < 4.78 is 0. The van der Waals surface area contributed by atoms with Gasteiger partial charge in [-0.25, -0.2) is 0 Å². The van der Waals surface area contributed by atoms with Crippen LogP contribution in [0.4, 0.5) is 0 Å². The van der Waals surface area contributed by atoms with Crippen LogP contribution < -0.4 is 5.46 Å². The number of rotatable bonds is 1. The van der Waals surface area contributed by atoms with Crippen LogP contribution in [0.15, 0.2) is 18.2 Å². The second kappa shape index (κ2) is 3.26. The molecule has 0 spiro atoms. The van der Waals surface area contributed by atoms with Crippen LogP contribution >= 0.6 is 11.6 Å². The van der Waals surface area contributed by atoms with E-state index < -0.39 is 7.12 Å². The summed E-state index contributed by atoms with van der Waals surface area (Å²) in [5, 5.41) is 18.1. The maximum Gasteiger partial charge on any atom is 0.490 e. The first-order valence-electron chi connectivity index (χ1n) is 3.24. The maximum atomic E-state index is 8.86. The first-order valence-corrected chi connectivity index (χ1v) is 3.62. The van der Waals surface area contributed by atoms with Crippen molar-refractivity contribution in [3.05, 3.63) is 28.8 Å². The molecule has 0 atom stereocenters. The van der Waals surface area contributed by atoms with Crippen molar-refractivity contribution >= 4 is 24.2 Å². The van der Waals surface area contributed by atoms with Crippen LogP contribution in [0.2, 0.25) is 5.02 Å². The van der Waals surface area contributed by atoms with Gasteiger partial charge in [-0.15, -0.1) is 0 Å². The van der Waals surface area contributed by atoms with Gasteiger partial charge in [0, 0.05) is 10.5 Å². The minimum absolute atomic E-state index is 0.383. The first-order chi connectivity index (χ1) is 5.13. The highest BCUT2D eigenvalue weighted by molar-refractivity contribution is 6.63. The molecule has 4 heteroatoms. The van der Waals surface area contributed by atoms with Crippen molar-refractivity contribution in [1.29, 1.82) is 0 Å². The van der Waals surface area contributed by atoms with Gasteiger partial charge in [0.1, 0.15) is 0 Å². The van der Waals surface area contributed by atoms with Gasteiger partial charge in [-0.3, -0.25) is 0 Å². The van der Waals surface area contributed by atoms with E-state index in [2.05, 4.69) is 0 Å². The summed E-state index contributed by atoms with van der Waals surface area (Å²) in [5.41, 5.74) is 1.17. The van der Waals surface area contributed by atoms with Crippen LogP contribution in [0.3, 0.4) is 0 Å². The number of hydrogen-bond donors (Lipinski definition) is 2. The SMILES string of the molecule is Cc1cccc(Cl)c1B(O)O. The summed E-state index contributed by atoms with van der Waals surface area (Å²) in [6.45, 7) is 1.78. The Bertz CT molecular complexity index is 242. The second-order valence-electron chi connectivity index (χ2n) is 2.34. The predicted octanol–water partition coefficient (Wildman–Crippen LogP) is 0.328. The van der Waals surface area contributed by atoms with Crippen molar-refractivity contribution in [2.75, 3.05) is 0 Å². The van der Waals surface area contributed by atoms with Gasteiger partial charge >= 0.3 is 7.12 Å². The Hall–Kier alpha value is -0.505. The van der Waals surface area contributed by atoms with Crippen LogP contribution in [-0.2, 0) is 0 Å². The van der Waals surface area contributed by atoms with E-state index >= 15 is 0 Å². The first kappa shape index (κ1) is 8.59. The molecule has 1 rings (SSSR count). The summed E-state index contributed by atoms with van der Waals surface area (Å²) in [6, 6.07) is 5.17. The van der Waals surface area contributed by atoms with Crippen LogP contribution in [-0.4, -0.2) is 17.2 Å². The standard InChI is InChI=1S/C7H8BClO2/c1-5-3-2-4-6(9)7(5)8(10)11/h2-4,10-11H,1H3. The van der Waals surface area contributed by atoms with Gasteiger partial charge < -0.3 is 10.0 Å². The molecule has 1 aromatic rings. The van der Waals surface area contributed by atoms with E-state index in [0.717, 1.165) is 5.56 Å². The molecule has 0 aliphatic carbocycles. The van der Waals surface area contributed by atoms with Gasteiger partial charge in [0.2, 0.25) is 0 Å². The maximum absolute atomic E-state index is 8.86. The molecule has 0 aliphatic heterocycles. The summed E-state index contributed by atoms with van der Waals surface area (Å²) in [6.07, 6.45) is 0. The molecule has 58 valence electrons. The Labute approximate surface area is 70.6 Å². The molecule has 0 heterocycles. The molecule has 0 saturated heterocycles. The quantitative estimate of drug-likeness (QED) is 0.596. The fourth-order valence-corrected chi connectivity index (χ4v) is 1.29. The largest absolute Gasteiger partial charge is 0.490 e. The van der Waals surface area contributed by atoms with E-state index in [9.17, 15) is 0 Å². The Kier molecular flexibility index (Phi) is 2.55. The third-order valence-electron chi connectivity index (χ3n) is 1.53. The van der Waals surface area contributed by atoms with Gasteiger partial charge in [-0.1, -0.05) is 23.7 Å². The van der Waals surface area contributed by atoms with E-state index in [-0.39, 0.29) is 0 Å². The van der Waals surface area contributed by atoms with Crippen molar-refractivity contribution < 1.29 is 10.0 Å². The van der Waals surface area contributed by atoms with Crippen molar-refractivity contribution in [2.45, 2.75) is 6.92 Å². The van der Waals surface area contributed by atoms with Crippen molar-refractivity contribution in [1.82, 2.24) is 0 Å². The van der Waals surface area contributed by atoms with Gasteiger partial charge in [0.05, 0.1) is 0 Å². The molecule has 0 saturated carbocycles. The van der Waals surface area contributed by atoms with E-state index in [1.165, 1.54) is 0 Å². The Morgan fingerprint density at radius 3 is 2.36 bits per heavy atom. The lowest BCUT2D eigenvalue weighted by atomic mass is 9.77. The average Bonchev–Trinajstić information content (AvgIpc) is 1.85. The zero-order valence-electron chi connectivity index (χ0n) is 6.08. The summed E-state index contributed by atoms with van der Waals surface area (Å²) in [5.74, 6) is 0. The molecule has 0 aromatic heterocycles. The number of benzene rings is 1. The number of hydrogen-bond acceptors (Lipinski definition) is 2. The molecule has 0 unspecified atom stereocenters. The fraction of sp³-hybridized carbons (Fsp3) is 0.143. The summed E-state index contributed by atoms with van der Waals surface area (Å²) in [7, 11) is -1.48. The predicted molar refractivity (Wildman–Crippen MR) is 46.0 cm³/mol. The van der Waals surface area contributed by atoms with Crippen LogP contribution in [0.25, 0.3) is 0 Å². The van der Waals surface area contributed by atoms with Gasteiger partial charge in [-0.2, -0.15) is 0 Å². The van der Waals surface area contributed by atoms with Gasteiger partial charge in [0.25, 0.3) is 0 Å². The minimum Gasteiger partial charge on any atom is -0.423 e. The smallest absolute Gasteiger partial charge is 0.423 e. The molecular weight excluding hydrogens is 162 g/mol. The minimum atomic E-state index is -1.48. The zero-order valence-corrected chi connectivity index (χ0v) is 6.84. The van der Waals surface area contributed by atoms with E-state index in [1.54, 1.807) is 25.1 Å². The zero-order chi connectivity index (χ0) is 8.43. The second-order valence-corrected chi connectivity index (χ2v) is 2.75. The Morgan fingerprint density at radius 1 is 1.36 bits per heavy atom. The molecule has 2 N–H and O–H groups in total. The summed E-state index contributed by atoms with van der Waals surface area (Å²) >= 11 is 5.70. The molecule has 2 nitrogen and oxygen atoms in total. The molecule has 0 fully saturated rings. The topological polar surface area (TPSA) is 40.5 Å². The third-order valence-corrected chi connectivity index (χ3v) is 1.86. The molecule has 0 bridgehead atoms. The van der Waals surface area contributed by atoms with Gasteiger partial charge in [-0.05, 0) is 18.6 Å². The summed E-state index contributed by atoms with van der Waals surface area (Å²) in [4.78, 5) is 0. The molecule has 1 aromatic carbocycles. The van der Waals surface area contributed by atoms with Gasteiger partial charge in [0.15, 0.2) is 0 Å². The molecule has 0 radical (unpaired) electrons. The van der Waals surface area contributed by atoms with E-state index in [1.807, 2.05) is 0 Å². The lowest BCUT2D eigenvalue weighted by Gasteiger charge is -2.05. The Balaban J connectivity index is 3.21. The van der Waals surface area contributed by atoms with Crippen LogP contribution in [0.1, 0.15) is 5.56 Å². The van der Waals surface area contributed by atoms with E-state index in [0.29, 0.717) is 10.5 Å². The molecule has 11 heavy (non-hydrogen) atoms. The number of aryl methyl sites for hydroxylation is 1. The lowest BCUT2D eigenvalue weighted by Crippen LogP contribution is -2.32. The van der Waals surface area contributed by atoms with Crippen molar-refractivity contribution in [3.63, 3.8) is 0 Å². The average molecular weight is 170 g/mol. The van der Waals surface area contributed by atoms with Crippen molar-refractivity contribution in [3.8, 4) is 0 Å². The highest BCUT2D eigenvalue weighted by Gasteiger charge is 2.16. The number of halogens is 1. The fourth-order valence-electron chi connectivity index (χ4n) is 0.972. The van der Waals surface area contributed by atoms with Crippen LogP contribution in [0, 0.1) is 6.92 Å². The normalized spacial score (nSPS) is 9.82. The lowest BCUT2D eigenvalue weighted by molar-refractivity contribution is 0.425. The van der Waals surface area contributed by atoms with Crippen molar-refractivity contribution in [2.24, 2.45) is 0 Å². The highest BCUT2D eigenvalue weighted by atomic mass is 35.5. The Morgan fingerprint density at radius 2 is 2.00 bits per heavy atom.